The second-order valence-corrected chi connectivity index (χ2v) is 8.81. The first kappa shape index (κ1) is 29.8. The SMILES string of the molecule is CC(N)C(=O)NC(CCC(N)=O)C(=O)NC(CCC(=O)O)C(=O)NC(Cc1c[nH]c2ccccc12)C(=O)O. The molecule has 4 unspecified atom stereocenters. The number of nitrogens with one attached hydrogen (secondary N) is 4. The summed E-state index contributed by atoms with van der Waals surface area (Å²) in [5.74, 6) is -5.85. The molecule has 0 fully saturated rings. The zero-order chi connectivity index (χ0) is 28.4. The molecule has 206 valence electrons. The third-order valence-electron chi connectivity index (χ3n) is 5.72. The molecule has 38 heavy (non-hydrogen) atoms. The summed E-state index contributed by atoms with van der Waals surface area (Å²) in [4.78, 5) is 75.3. The fraction of sp³-hybridized carbons (Fsp3) is 0.417. The van der Waals surface area contributed by atoms with Gasteiger partial charge >= 0.3 is 11.9 Å². The monoisotopic (exact) mass is 532 g/mol. The van der Waals surface area contributed by atoms with Crippen LogP contribution in [-0.4, -0.2) is 74.9 Å². The highest BCUT2D eigenvalue weighted by molar-refractivity contribution is 5.94. The van der Waals surface area contributed by atoms with Gasteiger partial charge in [0.2, 0.25) is 23.6 Å². The Morgan fingerprint density at radius 2 is 1.42 bits per heavy atom. The number of para-hydroxylation sites is 1. The van der Waals surface area contributed by atoms with Crippen LogP contribution < -0.4 is 27.4 Å². The molecule has 1 heterocycles. The predicted octanol–water partition coefficient (Wildman–Crippen LogP) is -1.27. The first-order valence-electron chi connectivity index (χ1n) is 11.8. The average Bonchev–Trinajstić information content (AvgIpc) is 3.25. The first-order chi connectivity index (χ1) is 17.9. The van der Waals surface area contributed by atoms with E-state index >= 15 is 0 Å². The Bertz CT molecular complexity index is 1190. The topological polar surface area (TPSA) is 247 Å². The molecule has 0 bridgehead atoms. The Balaban J connectivity index is 2.21. The number of carboxylic acid groups (broad SMARTS) is 2. The fourth-order valence-electron chi connectivity index (χ4n) is 3.66. The number of nitrogens with two attached hydrogens (primary N) is 2. The minimum atomic E-state index is -1.45. The highest BCUT2D eigenvalue weighted by atomic mass is 16.4. The molecule has 4 amide bonds. The van der Waals surface area contributed by atoms with Crippen LogP contribution in [0, 0.1) is 0 Å². The van der Waals surface area contributed by atoms with E-state index < -0.39 is 66.2 Å². The van der Waals surface area contributed by atoms with Gasteiger partial charge in [0, 0.05) is 36.4 Å². The fourth-order valence-corrected chi connectivity index (χ4v) is 3.66. The van der Waals surface area contributed by atoms with Crippen molar-refractivity contribution in [1.29, 1.82) is 0 Å². The van der Waals surface area contributed by atoms with Crippen molar-refractivity contribution in [2.75, 3.05) is 0 Å². The Morgan fingerprint density at radius 1 is 0.868 bits per heavy atom. The van der Waals surface area contributed by atoms with E-state index in [0.29, 0.717) is 5.56 Å². The van der Waals surface area contributed by atoms with Crippen molar-refractivity contribution in [3.63, 3.8) is 0 Å². The number of hydrogen-bond donors (Lipinski definition) is 8. The standard InChI is InChI=1S/C24H32N6O8/c1-12(25)21(34)28-16(6-8-19(26)31)22(35)29-17(7-9-20(32)33)23(36)30-18(24(37)38)10-13-11-27-15-5-3-2-4-14(13)15/h2-5,11-12,16-18,27H,6-10,25H2,1H3,(H2,26,31)(H,28,34)(H,29,35)(H,30,36)(H,32,33)(H,37,38). The van der Waals surface area contributed by atoms with Crippen LogP contribution in [0.1, 0.15) is 38.2 Å². The number of carbonyl (C=O) groups excluding carboxylic acids is 4. The Kier molecular flexibility index (Phi) is 10.8. The maximum atomic E-state index is 13.0. The van der Waals surface area contributed by atoms with Gasteiger partial charge in [-0.05, 0) is 31.4 Å². The number of carbonyl (C=O) groups is 6. The molecule has 2 aromatic rings. The zero-order valence-electron chi connectivity index (χ0n) is 20.7. The van der Waals surface area contributed by atoms with Crippen molar-refractivity contribution in [2.45, 2.75) is 63.2 Å². The van der Waals surface area contributed by atoms with E-state index in [1.807, 2.05) is 12.1 Å². The molecular formula is C24H32N6O8. The number of aromatic nitrogens is 1. The summed E-state index contributed by atoms with van der Waals surface area (Å²) >= 11 is 0. The molecule has 0 spiro atoms. The van der Waals surface area contributed by atoms with E-state index in [0.717, 1.165) is 10.9 Å². The van der Waals surface area contributed by atoms with Crippen LogP contribution in [-0.2, 0) is 35.2 Å². The van der Waals surface area contributed by atoms with Gasteiger partial charge in [-0.15, -0.1) is 0 Å². The lowest BCUT2D eigenvalue weighted by Crippen LogP contribution is -2.57. The largest absolute Gasteiger partial charge is 0.481 e. The summed E-state index contributed by atoms with van der Waals surface area (Å²) in [5, 5.41) is 26.7. The van der Waals surface area contributed by atoms with Gasteiger partial charge in [0.1, 0.15) is 18.1 Å². The molecule has 0 radical (unpaired) electrons. The maximum absolute atomic E-state index is 13.0. The van der Waals surface area contributed by atoms with Gasteiger partial charge in [0.05, 0.1) is 6.04 Å². The van der Waals surface area contributed by atoms with Gasteiger partial charge in [-0.1, -0.05) is 18.2 Å². The number of amides is 4. The quantitative estimate of drug-likeness (QED) is 0.136. The molecular weight excluding hydrogens is 500 g/mol. The summed E-state index contributed by atoms with van der Waals surface area (Å²) in [6.45, 7) is 1.38. The number of aromatic amines is 1. The molecule has 1 aromatic carbocycles. The lowest BCUT2D eigenvalue weighted by Gasteiger charge is -2.24. The van der Waals surface area contributed by atoms with Crippen LogP contribution in [0.5, 0.6) is 0 Å². The molecule has 1 aromatic heterocycles. The van der Waals surface area contributed by atoms with Crippen LogP contribution >= 0.6 is 0 Å². The summed E-state index contributed by atoms with van der Waals surface area (Å²) in [5.41, 5.74) is 12.1. The van der Waals surface area contributed by atoms with E-state index in [4.69, 9.17) is 16.6 Å². The van der Waals surface area contributed by atoms with Gasteiger partial charge in [-0.3, -0.25) is 24.0 Å². The third kappa shape index (κ3) is 8.89. The van der Waals surface area contributed by atoms with Gasteiger partial charge in [-0.25, -0.2) is 4.79 Å². The van der Waals surface area contributed by atoms with Gasteiger partial charge in [-0.2, -0.15) is 0 Å². The molecule has 0 saturated heterocycles. The molecule has 0 aliphatic heterocycles. The van der Waals surface area contributed by atoms with Crippen LogP contribution in [0.25, 0.3) is 10.9 Å². The van der Waals surface area contributed by atoms with Crippen molar-refractivity contribution < 1.29 is 39.0 Å². The number of fused-ring (bicyclic) bond motifs is 1. The Morgan fingerprint density at radius 3 is 1.97 bits per heavy atom. The molecule has 14 heteroatoms. The lowest BCUT2D eigenvalue weighted by atomic mass is 10.0. The highest BCUT2D eigenvalue weighted by Crippen LogP contribution is 2.19. The summed E-state index contributed by atoms with van der Waals surface area (Å²) in [6, 6.07) is 2.06. The second kappa shape index (κ2) is 13.7. The minimum absolute atomic E-state index is 0.0869. The summed E-state index contributed by atoms with van der Waals surface area (Å²) < 4.78 is 0. The number of benzene rings is 1. The van der Waals surface area contributed by atoms with Crippen molar-refractivity contribution in [2.24, 2.45) is 11.5 Å². The minimum Gasteiger partial charge on any atom is -0.481 e. The number of hydrogen-bond acceptors (Lipinski definition) is 7. The number of H-pyrrole nitrogens is 1. The van der Waals surface area contributed by atoms with E-state index in [1.165, 1.54) is 6.92 Å². The van der Waals surface area contributed by atoms with E-state index in [1.54, 1.807) is 18.3 Å². The van der Waals surface area contributed by atoms with Crippen molar-refractivity contribution in [1.82, 2.24) is 20.9 Å². The van der Waals surface area contributed by atoms with Crippen LogP contribution in [0.4, 0.5) is 0 Å². The smallest absolute Gasteiger partial charge is 0.326 e. The number of carboxylic acids is 2. The van der Waals surface area contributed by atoms with Crippen molar-refractivity contribution in [3.8, 4) is 0 Å². The number of aliphatic carboxylic acids is 2. The van der Waals surface area contributed by atoms with Crippen molar-refractivity contribution >= 4 is 46.5 Å². The molecule has 2 rings (SSSR count). The number of rotatable bonds is 15. The van der Waals surface area contributed by atoms with E-state index in [-0.39, 0.29) is 25.7 Å². The second-order valence-electron chi connectivity index (χ2n) is 8.81. The summed E-state index contributed by atoms with van der Waals surface area (Å²) in [7, 11) is 0. The maximum Gasteiger partial charge on any atom is 0.326 e. The Labute approximate surface area is 217 Å². The molecule has 4 atom stereocenters. The van der Waals surface area contributed by atoms with Crippen LogP contribution in [0.15, 0.2) is 30.5 Å². The van der Waals surface area contributed by atoms with Gasteiger partial charge in [0.25, 0.3) is 0 Å². The van der Waals surface area contributed by atoms with Crippen molar-refractivity contribution in [3.05, 3.63) is 36.0 Å². The van der Waals surface area contributed by atoms with E-state index in [9.17, 15) is 33.9 Å². The van der Waals surface area contributed by atoms with Gasteiger partial charge < -0.3 is 42.6 Å². The first-order valence-corrected chi connectivity index (χ1v) is 11.8. The lowest BCUT2D eigenvalue weighted by molar-refractivity contribution is -0.143. The molecule has 0 aliphatic carbocycles. The molecule has 0 aliphatic rings. The normalized spacial score (nSPS) is 14.1. The van der Waals surface area contributed by atoms with Crippen LogP contribution in [0.2, 0.25) is 0 Å². The molecule has 10 N–H and O–H groups in total. The van der Waals surface area contributed by atoms with Crippen LogP contribution in [0.3, 0.4) is 0 Å². The highest BCUT2D eigenvalue weighted by Gasteiger charge is 2.31. The third-order valence-corrected chi connectivity index (χ3v) is 5.72. The Hall–Kier alpha value is -4.46. The zero-order valence-corrected chi connectivity index (χ0v) is 20.7. The van der Waals surface area contributed by atoms with Gasteiger partial charge in [0.15, 0.2) is 0 Å². The predicted molar refractivity (Wildman–Crippen MR) is 134 cm³/mol. The molecule has 0 saturated carbocycles. The van der Waals surface area contributed by atoms with E-state index in [2.05, 4.69) is 20.9 Å². The summed E-state index contributed by atoms with van der Waals surface area (Å²) in [6.07, 6.45) is 0.185. The molecule has 14 nitrogen and oxygen atoms in total. The average molecular weight is 533 g/mol. The number of primary amides is 1.